The fraction of sp³-hybridized carbons (Fsp3) is 0.222. The van der Waals surface area contributed by atoms with Crippen LogP contribution in [-0.4, -0.2) is 44.8 Å². The maximum absolute atomic E-state index is 13.1. The van der Waals surface area contributed by atoms with Gasteiger partial charge in [-0.3, -0.25) is 4.79 Å². The van der Waals surface area contributed by atoms with Gasteiger partial charge >= 0.3 is 5.97 Å². The van der Waals surface area contributed by atoms with Gasteiger partial charge in [-0.15, -0.1) is 0 Å². The van der Waals surface area contributed by atoms with Gasteiger partial charge in [-0.1, -0.05) is 23.2 Å². The molecule has 2 rings (SSSR count). The van der Waals surface area contributed by atoms with Crippen LogP contribution in [0.5, 0.6) is 0 Å². The highest BCUT2D eigenvalue weighted by Crippen LogP contribution is 2.26. The van der Waals surface area contributed by atoms with E-state index in [4.69, 9.17) is 27.9 Å². The van der Waals surface area contributed by atoms with Crippen molar-refractivity contribution < 1.29 is 27.1 Å². The Morgan fingerprint density at radius 3 is 2.34 bits per heavy atom. The molecule has 0 fully saturated rings. The van der Waals surface area contributed by atoms with E-state index < -0.39 is 33.8 Å². The van der Waals surface area contributed by atoms with Gasteiger partial charge in [0.25, 0.3) is 5.91 Å². The first-order valence-corrected chi connectivity index (χ1v) is 10.3. The average Bonchev–Trinajstić information content (AvgIpc) is 2.63. The Kier molecular flexibility index (Phi) is 7.23. The van der Waals surface area contributed by atoms with E-state index in [0.717, 1.165) is 22.5 Å². The van der Waals surface area contributed by atoms with Crippen LogP contribution >= 0.6 is 23.2 Å². The topological polar surface area (TPSA) is 92.8 Å². The molecule has 2 aromatic carbocycles. The second kappa shape index (κ2) is 9.08. The van der Waals surface area contributed by atoms with E-state index in [9.17, 15) is 22.4 Å². The van der Waals surface area contributed by atoms with E-state index in [-0.39, 0.29) is 26.2 Å². The molecule has 11 heteroatoms. The second-order valence-corrected chi connectivity index (χ2v) is 9.03. The van der Waals surface area contributed by atoms with Crippen molar-refractivity contribution in [3.63, 3.8) is 0 Å². The van der Waals surface area contributed by atoms with Crippen LogP contribution in [0.2, 0.25) is 10.0 Å². The van der Waals surface area contributed by atoms with Gasteiger partial charge in [0, 0.05) is 14.1 Å². The molecular formula is C18H17Cl2FN2O5S. The monoisotopic (exact) mass is 462 g/mol. The summed E-state index contributed by atoms with van der Waals surface area (Å²) in [4.78, 5) is 24.3. The Hall–Kier alpha value is -2.20. The molecule has 0 aromatic heterocycles. The van der Waals surface area contributed by atoms with Crippen molar-refractivity contribution in [3.8, 4) is 0 Å². The van der Waals surface area contributed by atoms with Gasteiger partial charge in [-0.25, -0.2) is 21.9 Å². The zero-order chi connectivity index (χ0) is 21.9. The maximum Gasteiger partial charge on any atom is 0.338 e. The number of nitrogens with zero attached hydrogens (tertiary/aromatic N) is 1. The molecule has 0 aliphatic heterocycles. The summed E-state index contributed by atoms with van der Waals surface area (Å²) in [6.07, 6.45) is -1.24. The van der Waals surface area contributed by atoms with E-state index in [0.29, 0.717) is 0 Å². The SMILES string of the molecule is CC(OC(=O)c1ccc(Cl)c(S(=O)(=O)N(C)C)c1)C(=O)Nc1ccc(F)cc1Cl. The molecule has 1 unspecified atom stereocenters. The van der Waals surface area contributed by atoms with Crippen molar-refractivity contribution in [2.24, 2.45) is 0 Å². The predicted octanol–water partition coefficient (Wildman–Crippen LogP) is 3.57. The summed E-state index contributed by atoms with van der Waals surface area (Å²) in [5, 5.41) is 2.33. The Labute approximate surface area is 177 Å². The van der Waals surface area contributed by atoms with Crippen LogP contribution in [-0.2, 0) is 19.6 Å². The van der Waals surface area contributed by atoms with Gasteiger partial charge in [0.05, 0.1) is 21.3 Å². The van der Waals surface area contributed by atoms with Gasteiger partial charge in [0.1, 0.15) is 10.7 Å². The lowest BCUT2D eigenvalue weighted by molar-refractivity contribution is -0.123. The molecule has 1 amide bonds. The number of halogens is 3. The number of hydrogen-bond acceptors (Lipinski definition) is 5. The maximum atomic E-state index is 13.1. The zero-order valence-corrected chi connectivity index (χ0v) is 17.9. The van der Waals surface area contributed by atoms with Crippen LogP contribution < -0.4 is 5.32 Å². The van der Waals surface area contributed by atoms with Gasteiger partial charge in [-0.05, 0) is 43.3 Å². The van der Waals surface area contributed by atoms with Crippen molar-refractivity contribution in [1.82, 2.24) is 4.31 Å². The van der Waals surface area contributed by atoms with Crippen LogP contribution in [0.25, 0.3) is 0 Å². The third-order valence-corrected chi connectivity index (χ3v) is 6.38. The Bertz CT molecular complexity index is 1060. The molecule has 0 saturated carbocycles. The summed E-state index contributed by atoms with van der Waals surface area (Å²) in [5.74, 6) is -2.20. The van der Waals surface area contributed by atoms with Gasteiger partial charge in [0.15, 0.2) is 6.10 Å². The molecular weight excluding hydrogens is 446 g/mol. The van der Waals surface area contributed by atoms with Crippen molar-refractivity contribution in [2.75, 3.05) is 19.4 Å². The molecule has 0 radical (unpaired) electrons. The van der Waals surface area contributed by atoms with Crippen LogP contribution in [0.4, 0.5) is 10.1 Å². The molecule has 1 N–H and O–H groups in total. The summed E-state index contributed by atoms with van der Waals surface area (Å²) in [5.41, 5.74) is 0.0427. The quantitative estimate of drug-likeness (QED) is 0.662. The number of benzene rings is 2. The van der Waals surface area contributed by atoms with E-state index >= 15 is 0 Å². The number of rotatable bonds is 6. The molecule has 7 nitrogen and oxygen atoms in total. The van der Waals surface area contributed by atoms with Crippen molar-refractivity contribution in [1.29, 1.82) is 0 Å². The Morgan fingerprint density at radius 1 is 1.10 bits per heavy atom. The first-order valence-electron chi connectivity index (χ1n) is 8.12. The number of carbonyl (C=O) groups is 2. The largest absolute Gasteiger partial charge is 0.449 e. The third kappa shape index (κ3) is 5.45. The second-order valence-electron chi connectivity index (χ2n) is 6.09. The number of amides is 1. The van der Waals surface area contributed by atoms with E-state index in [1.807, 2.05) is 0 Å². The minimum Gasteiger partial charge on any atom is -0.449 e. The molecule has 156 valence electrons. The fourth-order valence-electron chi connectivity index (χ4n) is 2.13. The Balaban J connectivity index is 2.16. The molecule has 1 atom stereocenters. The molecule has 0 bridgehead atoms. The number of sulfonamides is 1. The lowest BCUT2D eigenvalue weighted by Crippen LogP contribution is -2.30. The van der Waals surface area contributed by atoms with Crippen molar-refractivity contribution in [3.05, 3.63) is 57.8 Å². The molecule has 0 saturated heterocycles. The van der Waals surface area contributed by atoms with Crippen LogP contribution in [0.1, 0.15) is 17.3 Å². The number of carbonyl (C=O) groups excluding carboxylic acids is 2. The van der Waals surface area contributed by atoms with E-state index in [2.05, 4.69) is 5.32 Å². The highest BCUT2D eigenvalue weighted by molar-refractivity contribution is 7.89. The molecule has 0 aliphatic rings. The van der Waals surface area contributed by atoms with Gasteiger partial charge in [-0.2, -0.15) is 0 Å². The summed E-state index contributed by atoms with van der Waals surface area (Å²) in [7, 11) is -1.24. The minimum atomic E-state index is -3.89. The van der Waals surface area contributed by atoms with Crippen molar-refractivity contribution in [2.45, 2.75) is 17.9 Å². The van der Waals surface area contributed by atoms with Gasteiger partial charge < -0.3 is 10.1 Å². The summed E-state index contributed by atoms with van der Waals surface area (Å²) in [6.45, 7) is 1.32. The van der Waals surface area contributed by atoms with Crippen LogP contribution in [0.3, 0.4) is 0 Å². The first kappa shape index (κ1) is 23.1. The lowest BCUT2D eigenvalue weighted by atomic mass is 10.2. The zero-order valence-electron chi connectivity index (χ0n) is 15.6. The number of ether oxygens (including phenoxy) is 1. The van der Waals surface area contributed by atoms with Crippen LogP contribution in [0, 0.1) is 5.82 Å². The molecule has 0 heterocycles. The van der Waals surface area contributed by atoms with Crippen LogP contribution in [0.15, 0.2) is 41.3 Å². The molecule has 0 spiro atoms. The first-order chi connectivity index (χ1) is 13.4. The number of esters is 1. The normalized spacial score (nSPS) is 12.5. The highest BCUT2D eigenvalue weighted by Gasteiger charge is 2.25. The lowest BCUT2D eigenvalue weighted by Gasteiger charge is -2.16. The highest BCUT2D eigenvalue weighted by atomic mass is 35.5. The molecule has 0 aliphatic carbocycles. The fourth-order valence-corrected chi connectivity index (χ4v) is 3.74. The average molecular weight is 463 g/mol. The summed E-state index contributed by atoms with van der Waals surface area (Å²) in [6, 6.07) is 6.99. The predicted molar refractivity (Wildman–Crippen MR) is 107 cm³/mol. The Morgan fingerprint density at radius 2 is 1.76 bits per heavy atom. The van der Waals surface area contributed by atoms with E-state index in [1.165, 1.54) is 39.2 Å². The minimum absolute atomic E-state index is 0.0203. The smallest absolute Gasteiger partial charge is 0.338 e. The standard InChI is InChI=1S/C18H17Cl2FN2O5S/c1-10(17(24)22-15-7-5-12(21)9-14(15)20)28-18(25)11-4-6-13(19)16(8-11)29(26,27)23(2)3/h4-10H,1-3H3,(H,22,24). The molecule has 2 aromatic rings. The van der Waals surface area contributed by atoms with E-state index in [1.54, 1.807) is 0 Å². The number of nitrogens with one attached hydrogen (secondary N) is 1. The number of hydrogen-bond donors (Lipinski definition) is 1. The number of anilines is 1. The summed E-state index contributed by atoms with van der Waals surface area (Å²) >= 11 is 11.8. The molecule has 29 heavy (non-hydrogen) atoms. The van der Waals surface area contributed by atoms with Gasteiger partial charge in [0.2, 0.25) is 10.0 Å². The van der Waals surface area contributed by atoms with Crippen molar-refractivity contribution >= 4 is 50.8 Å². The summed E-state index contributed by atoms with van der Waals surface area (Å²) < 4.78 is 43.7. The third-order valence-electron chi connectivity index (χ3n) is 3.77.